The van der Waals surface area contributed by atoms with Crippen molar-refractivity contribution in [2.24, 2.45) is 0 Å². The first-order valence-electron chi connectivity index (χ1n) is 6.34. The molecule has 0 fully saturated rings. The second-order valence-corrected chi connectivity index (χ2v) is 4.27. The number of carbonyl (C=O) groups is 2. The molecule has 1 aromatic heterocycles. The molecule has 20 heavy (non-hydrogen) atoms. The van der Waals surface area contributed by atoms with Crippen molar-refractivity contribution in [1.29, 1.82) is 0 Å². The van der Waals surface area contributed by atoms with Gasteiger partial charge in [0, 0.05) is 24.0 Å². The molecule has 2 aromatic rings. The molecule has 0 saturated carbocycles. The number of carbonyl (C=O) groups excluding carboxylic acids is 1. The molecule has 0 aliphatic rings. The fourth-order valence-corrected chi connectivity index (χ4v) is 2.01. The summed E-state index contributed by atoms with van der Waals surface area (Å²) in [5.41, 5.74) is 1.08. The summed E-state index contributed by atoms with van der Waals surface area (Å²) in [6.45, 7) is 2.79. The fraction of sp³-hybridized carbons (Fsp3) is 0.286. The summed E-state index contributed by atoms with van der Waals surface area (Å²) in [4.78, 5) is 22.5. The highest BCUT2D eigenvalue weighted by atomic mass is 16.4. The lowest BCUT2D eigenvalue weighted by Crippen LogP contribution is -2.33. The molecular weight excluding hydrogens is 260 g/mol. The highest BCUT2D eigenvalue weighted by molar-refractivity contribution is 5.95. The zero-order valence-electron chi connectivity index (χ0n) is 11.1. The predicted molar refractivity (Wildman–Crippen MR) is 73.6 cm³/mol. The van der Waals surface area contributed by atoms with Gasteiger partial charge < -0.3 is 20.2 Å². The first kappa shape index (κ1) is 14.1. The number of aromatic carboxylic acids is 1. The third-order valence-corrected chi connectivity index (χ3v) is 2.85. The zero-order valence-corrected chi connectivity index (χ0v) is 11.1. The first-order chi connectivity index (χ1) is 9.63. The van der Waals surface area contributed by atoms with Crippen LogP contribution >= 0.6 is 0 Å². The molecule has 106 valence electrons. The number of furan rings is 1. The molecular formula is C14H16N2O4. The number of fused-ring (bicyclic) bond motifs is 1. The maximum atomic E-state index is 11.3. The van der Waals surface area contributed by atoms with Gasteiger partial charge in [0.25, 0.3) is 0 Å². The second kappa shape index (κ2) is 6.21. The van der Waals surface area contributed by atoms with Gasteiger partial charge in [-0.05, 0) is 13.0 Å². The lowest BCUT2D eigenvalue weighted by atomic mass is 10.1. The van der Waals surface area contributed by atoms with Gasteiger partial charge in [-0.2, -0.15) is 0 Å². The molecule has 6 heteroatoms. The van der Waals surface area contributed by atoms with E-state index in [0.29, 0.717) is 17.7 Å². The summed E-state index contributed by atoms with van der Waals surface area (Å²) in [5, 5.41) is 15.5. The van der Waals surface area contributed by atoms with Crippen LogP contribution in [0.5, 0.6) is 0 Å². The van der Waals surface area contributed by atoms with E-state index in [4.69, 9.17) is 9.52 Å². The molecule has 1 heterocycles. The van der Waals surface area contributed by atoms with Crippen LogP contribution in [-0.4, -0.2) is 30.1 Å². The van der Waals surface area contributed by atoms with Crippen molar-refractivity contribution in [2.45, 2.75) is 13.5 Å². The van der Waals surface area contributed by atoms with Crippen LogP contribution in [0.15, 0.2) is 28.7 Å². The molecule has 0 radical (unpaired) electrons. The molecule has 2 rings (SSSR count). The highest BCUT2D eigenvalue weighted by Gasteiger charge is 2.19. The van der Waals surface area contributed by atoms with Gasteiger partial charge in [-0.25, -0.2) is 4.79 Å². The van der Waals surface area contributed by atoms with E-state index in [1.54, 1.807) is 18.2 Å². The van der Waals surface area contributed by atoms with Crippen LogP contribution in [0, 0.1) is 0 Å². The SMILES string of the molecule is CCNC(=O)CNCc1c(C(=O)O)oc2ccccc12. The van der Waals surface area contributed by atoms with Crippen molar-refractivity contribution in [3.8, 4) is 0 Å². The average Bonchev–Trinajstić information content (AvgIpc) is 2.78. The minimum Gasteiger partial charge on any atom is -0.475 e. The Bertz CT molecular complexity index is 633. The number of hydrogen-bond donors (Lipinski definition) is 3. The molecule has 0 saturated heterocycles. The molecule has 0 aliphatic heterocycles. The van der Waals surface area contributed by atoms with Gasteiger partial charge in [0.2, 0.25) is 11.7 Å². The third kappa shape index (κ3) is 2.97. The smallest absolute Gasteiger partial charge is 0.372 e. The Morgan fingerprint density at radius 1 is 1.30 bits per heavy atom. The lowest BCUT2D eigenvalue weighted by molar-refractivity contribution is -0.120. The van der Waals surface area contributed by atoms with Crippen LogP contribution in [0.1, 0.15) is 23.0 Å². The quantitative estimate of drug-likeness (QED) is 0.741. The molecule has 1 amide bonds. The molecule has 0 atom stereocenters. The van der Waals surface area contributed by atoms with Gasteiger partial charge in [0.05, 0.1) is 6.54 Å². The Labute approximate surface area is 115 Å². The van der Waals surface area contributed by atoms with E-state index >= 15 is 0 Å². The molecule has 0 unspecified atom stereocenters. The number of carboxylic acids is 1. The highest BCUT2D eigenvalue weighted by Crippen LogP contribution is 2.25. The van der Waals surface area contributed by atoms with Gasteiger partial charge in [-0.1, -0.05) is 18.2 Å². The Hall–Kier alpha value is -2.34. The van der Waals surface area contributed by atoms with Gasteiger partial charge in [-0.15, -0.1) is 0 Å². The third-order valence-electron chi connectivity index (χ3n) is 2.85. The number of hydrogen-bond acceptors (Lipinski definition) is 4. The van der Waals surface area contributed by atoms with Crippen LogP contribution in [0.3, 0.4) is 0 Å². The van der Waals surface area contributed by atoms with Crippen molar-refractivity contribution in [3.05, 3.63) is 35.6 Å². The summed E-state index contributed by atoms with van der Waals surface area (Å²) < 4.78 is 5.33. The number of benzene rings is 1. The van der Waals surface area contributed by atoms with E-state index in [2.05, 4.69) is 10.6 Å². The predicted octanol–water partition coefficient (Wildman–Crippen LogP) is 1.36. The van der Waals surface area contributed by atoms with E-state index in [1.807, 2.05) is 13.0 Å². The number of likely N-dealkylation sites (N-methyl/N-ethyl adjacent to an activating group) is 1. The number of para-hydroxylation sites is 1. The van der Waals surface area contributed by atoms with E-state index in [-0.39, 0.29) is 24.8 Å². The Morgan fingerprint density at radius 2 is 2.05 bits per heavy atom. The van der Waals surface area contributed by atoms with Crippen LogP contribution < -0.4 is 10.6 Å². The summed E-state index contributed by atoms with van der Waals surface area (Å²) in [7, 11) is 0. The standard InChI is InChI=1S/C14H16N2O4/c1-2-16-12(17)8-15-7-10-9-5-3-4-6-11(9)20-13(10)14(18)19/h3-6,15H,2,7-8H2,1H3,(H,16,17)(H,18,19). The van der Waals surface area contributed by atoms with Gasteiger partial charge in [0.15, 0.2) is 0 Å². The fourth-order valence-electron chi connectivity index (χ4n) is 2.01. The normalized spacial score (nSPS) is 10.7. The topological polar surface area (TPSA) is 91.6 Å². The van der Waals surface area contributed by atoms with Crippen LogP contribution in [-0.2, 0) is 11.3 Å². The molecule has 0 bridgehead atoms. The Balaban J connectivity index is 2.17. The van der Waals surface area contributed by atoms with Crippen LogP contribution in [0.25, 0.3) is 11.0 Å². The zero-order chi connectivity index (χ0) is 14.5. The first-order valence-corrected chi connectivity index (χ1v) is 6.34. The van der Waals surface area contributed by atoms with Gasteiger partial charge >= 0.3 is 5.97 Å². The number of nitrogens with one attached hydrogen (secondary N) is 2. The van der Waals surface area contributed by atoms with Crippen molar-refractivity contribution in [1.82, 2.24) is 10.6 Å². The minimum absolute atomic E-state index is 0.0883. The van der Waals surface area contributed by atoms with Crippen molar-refractivity contribution < 1.29 is 19.1 Å². The molecule has 0 spiro atoms. The van der Waals surface area contributed by atoms with E-state index in [1.165, 1.54) is 0 Å². The Morgan fingerprint density at radius 3 is 2.75 bits per heavy atom. The van der Waals surface area contributed by atoms with E-state index < -0.39 is 5.97 Å². The molecule has 1 aromatic carbocycles. The monoisotopic (exact) mass is 276 g/mol. The van der Waals surface area contributed by atoms with Crippen molar-refractivity contribution >= 4 is 22.8 Å². The van der Waals surface area contributed by atoms with E-state index in [9.17, 15) is 9.59 Å². The summed E-state index contributed by atoms with van der Waals surface area (Å²) >= 11 is 0. The van der Waals surface area contributed by atoms with Crippen LogP contribution in [0.2, 0.25) is 0 Å². The molecule has 3 N–H and O–H groups in total. The average molecular weight is 276 g/mol. The largest absolute Gasteiger partial charge is 0.475 e. The van der Waals surface area contributed by atoms with E-state index in [0.717, 1.165) is 5.39 Å². The summed E-state index contributed by atoms with van der Waals surface area (Å²) in [6.07, 6.45) is 0. The second-order valence-electron chi connectivity index (χ2n) is 4.27. The van der Waals surface area contributed by atoms with Gasteiger partial charge in [-0.3, -0.25) is 4.79 Å². The molecule has 0 aliphatic carbocycles. The summed E-state index contributed by atoms with van der Waals surface area (Å²) in [5.74, 6) is -1.33. The lowest BCUT2D eigenvalue weighted by Gasteiger charge is -2.04. The maximum Gasteiger partial charge on any atom is 0.372 e. The van der Waals surface area contributed by atoms with Crippen molar-refractivity contribution in [2.75, 3.05) is 13.1 Å². The van der Waals surface area contributed by atoms with Crippen LogP contribution in [0.4, 0.5) is 0 Å². The summed E-state index contributed by atoms with van der Waals surface area (Å²) in [6, 6.07) is 7.11. The minimum atomic E-state index is -1.11. The van der Waals surface area contributed by atoms with Crippen molar-refractivity contribution in [3.63, 3.8) is 0 Å². The number of carboxylic acid groups (broad SMARTS) is 1. The number of amides is 1. The maximum absolute atomic E-state index is 11.3. The Kier molecular flexibility index (Phi) is 4.37. The number of rotatable bonds is 6. The van der Waals surface area contributed by atoms with Gasteiger partial charge in [0.1, 0.15) is 5.58 Å². The molecule has 6 nitrogen and oxygen atoms in total.